The van der Waals surface area contributed by atoms with Gasteiger partial charge in [0.2, 0.25) is 0 Å². The number of hydrogen-bond acceptors (Lipinski definition) is 6. The van der Waals surface area contributed by atoms with Crippen molar-refractivity contribution in [2.24, 2.45) is 5.10 Å². The Bertz CT molecular complexity index is 1110. The highest BCUT2D eigenvalue weighted by molar-refractivity contribution is 5.83. The van der Waals surface area contributed by atoms with E-state index in [-0.39, 0.29) is 17.4 Å². The summed E-state index contributed by atoms with van der Waals surface area (Å²) in [4.78, 5) is 22.7. The summed E-state index contributed by atoms with van der Waals surface area (Å²) in [6.45, 7) is 1.73. The van der Waals surface area contributed by atoms with E-state index in [1.165, 1.54) is 11.8 Å². The van der Waals surface area contributed by atoms with Crippen LogP contribution in [0.25, 0.3) is 10.9 Å². The second-order valence-corrected chi connectivity index (χ2v) is 6.18. The van der Waals surface area contributed by atoms with Crippen molar-refractivity contribution < 1.29 is 14.7 Å². The average molecular weight is 366 g/mol. The molecule has 0 amide bonds. The fourth-order valence-corrected chi connectivity index (χ4v) is 3.01. The van der Waals surface area contributed by atoms with Crippen molar-refractivity contribution in [3.05, 3.63) is 64.2 Å². The highest BCUT2D eigenvalue weighted by Gasteiger charge is 2.25. The van der Waals surface area contributed by atoms with Gasteiger partial charge in [-0.1, -0.05) is 18.2 Å². The molecule has 1 unspecified atom stereocenters. The van der Waals surface area contributed by atoms with Crippen LogP contribution in [0.15, 0.2) is 52.4 Å². The summed E-state index contributed by atoms with van der Waals surface area (Å²) in [5.74, 6) is 1.43. The molecule has 0 radical (unpaired) electrons. The zero-order valence-electron chi connectivity index (χ0n) is 14.8. The number of nitrogens with zero attached hydrogens (tertiary/aromatic N) is 3. The number of para-hydroxylation sites is 1. The van der Waals surface area contributed by atoms with Crippen molar-refractivity contribution >= 4 is 16.7 Å². The molecular formula is C19H18N4O4. The minimum Gasteiger partial charge on any atom is -0.504 e. The Morgan fingerprint density at radius 2 is 2.15 bits per heavy atom. The molecule has 3 aromatic rings. The summed E-state index contributed by atoms with van der Waals surface area (Å²) in [7, 11) is 1.49. The number of hydroxylamine groups is 1. The van der Waals surface area contributed by atoms with Gasteiger partial charge in [-0.25, -0.2) is 4.98 Å². The van der Waals surface area contributed by atoms with E-state index in [4.69, 9.17) is 9.57 Å². The van der Waals surface area contributed by atoms with Crippen molar-refractivity contribution in [3.8, 4) is 11.5 Å². The van der Waals surface area contributed by atoms with E-state index in [9.17, 15) is 9.90 Å². The van der Waals surface area contributed by atoms with Gasteiger partial charge < -0.3 is 9.84 Å². The first-order valence-corrected chi connectivity index (χ1v) is 8.41. The van der Waals surface area contributed by atoms with Gasteiger partial charge in [-0.15, -0.1) is 5.10 Å². The van der Waals surface area contributed by atoms with Crippen LogP contribution in [0.1, 0.15) is 23.9 Å². The Kier molecular flexibility index (Phi) is 4.25. The van der Waals surface area contributed by atoms with Crippen molar-refractivity contribution in [1.82, 2.24) is 15.1 Å². The molecule has 8 heteroatoms. The second-order valence-electron chi connectivity index (χ2n) is 6.18. The molecule has 2 heterocycles. The van der Waals surface area contributed by atoms with Crippen molar-refractivity contribution in [2.75, 3.05) is 7.11 Å². The van der Waals surface area contributed by atoms with E-state index in [1.807, 2.05) is 6.07 Å². The summed E-state index contributed by atoms with van der Waals surface area (Å²) < 4.78 is 6.40. The molecular weight excluding hydrogens is 348 g/mol. The first kappa shape index (κ1) is 17.0. The minimum absolute atomic E-state index is 0.0607. The molecule has 2 N–H and O–H groups in total. The molecule has 0 aliphatic carbocycles. The summed E-state index contributed by atoms with van der Waals surface area (Å²) in [6.07, 6.45) is 0.120. The largest absolute Gasteiger partial charge is 0.504 e. The van der Waals surface area contributed by atoms with E-state index < -0.39 is 0 Å². The van der Waals surface area contributed by atoms with Gasteiger partial charge >= 0.3 is 0 Å². The third kappa shape index (κ3) is 3.11. The Morgan fingerprint density at radius 1 is 1.33 bits per heavy atom. The fraction of sp³-hybridized carbons (Fsp3) is 0.211. The van der Waals surface area contributed by atoms with E-state index in [0.29, 0.717) is 34.7 Å². The normalized spacial score (nSPS) is 18.0. The predicted octanol–water partition coefficient (Wildman–Crippen LogP) is 2.25. The number of aromatic nitrogens is 2. The Morgan fingerprint density at radius 3 is 2.96 bits per heavy atom. The number of nitrogens with one attached hydrogen (secondary N) is 1. The zero-order chi connectivity index (χ0) is 19.0. The van der Waals surface area contributed by atoms with Crippen molar-refractivity contribution in [3.63, 3.8) is 0 Å². The lowest BCUT2D eigenvalue weighted by Gasteiger charge is -2.10. The summed E-state index contributed by atoms with van der Waals surface area (Å²) in [5, 5.41) is 14.6. The molecule has 0 bridgehead atoms. The van der Waals surface area contributed by atoms with Crippen LogP contribution in [0.4, 0.5) is 0 Å². The molecule has 4 rings (SSSR count). The average Bonchev–Trinajstić information content (AvgIpc) is 3.14. The van der Waals surface area contributed by atoms with E-state index in [1.54, 1.807) is 43.3 Å². The number of rotatable bonds is 3. The van der Waals surface area contributed by atoms with Crippen LogP contribution in [-0.2, 0) is 4.84 Å². The summed E-state index contributed by atoms with van der Waals surface area (Å²) in [5.41, 5.74) is 4.00. The number of aromatic hydroxyl groups is 1. The van der Waals surface area contributed by atoms with Gasteiger partial charge in [0, 0.05) is 6.42 Å². The van der Waals surface area contributed by atoms with Crippen LogP contribution >= 0.6 is 0 Å². The SMILES string of the molecule is COc1cc(C2C/C(=N/n3c(C)nc4ccccc4c3=O)NO2)ccc1O. The number of benzene rings is 2. The van der Waals surface area contributed by atoms with Crippen LogP contribution in [0.3, 0.4) is 0 Å². The van der Waals surface area contributed by atoms with Crippen LogP contribution in [-0.4, -0.2) is 27.7 Å². The predicted molar refractivity (Wildman–Crippen MR) is 99.8 cm³/mol. The molecule has 1 fully saturated rings. The van der Waals surface area contributed by atoms with Gasteiger partial charge in [0.15, 0.2) is 11.5 Å². The molecule has 1 aromatic heterocycles. The highest BCUT2D eigenvalue weighted by atomic mass is 16.7. The number of hydrogen-bond donors (Lipinski definition) is 2. The highest BCUT2D eigenvalue weighted by Crippen LogP contribution is 2.32. The van der Waals surface area contributed by atoms with Gasteiger partial charge in [-0.2, -0.15) is 4.68 Å². The number of amidine groups is 1. The lowest BCUT2D eigenvalue weighted by Crippen LogP contribution is -2.24. The quantitative estimate of drug-likeness (QED) is 0.738. The molecule has 1 aliphatic rings. The fourth-order valence-electron chi connectivity index (χ4n) is 3.01. The third-order valence-electron chi connectivity index (χ3n) is 4.41. The number of methoxy groups -OCH3 is 1. The lowest BCUT2D eigenvalue weighted by molar-refractivity contribution is 0.0446. The molecule has 1 aliphatic heterocycles. The molecule has 1 atom stereocenters. The van der Waals surface area contributed by atoms with Gasteiger partial charge in [0.05, 0.1) is 18.0 Å². The monoisotopic (exact) mass is 366 g/mol. The van der Waals surface area contributed by atoms with Gasteiger partial charge in [-0.05, 0) is 36.8 Å². The van der Waals surface area contributed by atoms with Crippen LogP contribution in [0.2, 0.25) is 0 Å². The molecule has 0 saturated carbocycles. The molecule has 2 aromatic carbocycles. The third-order valence-corrected chi connectivity index (χ3v) is 4.41. The first-order chi connectivity index (χ1) is 13.1. The molecule has 8 nitrogen and oxygen atoms in total. The van der Waals surface area contributed by atoms with Gasteiger partial charge in [0.1, 0.15) is 17.8 Å². The standard InChI is InChI=1S/C19H18N4O4/c1-11-20-14-6-4-3-5-13(14)19(25)23(11)21-18-10-16(27-22-18)12-7-8-15(24)17(9-12)26-2/h3-9,16,24H,10H2,1-2H3,(H,21,22). The Balaban J connectivity index is 1.65. The molecule has 0 spiro atoms. The molecule has 1 saturated heterocycles. The van der Waals surface area contributed by atoms with Crippen LogP contribution < -0.4 is 15.8 Å². The summed E-state index contributed by atoms with van der Waals surface area (Å²) >= 11 is 0. The van der Waals surface area contributed by atoms with E-state index in [0.717, 1.165) is 5.56 Å². The van der Waals surface area contributed by atoms with Crippen LogP contribution in [0, 0.1) is 6.92 Å². The smallest absolute Gasteiger partial charge is 0.282 e. The first-order valence-electron chi connectivity index (χ1n) is 8.41. The minimum atomic E-state index is -0.317. The zero-order valence-corrected chi connectivity index (χ0v) is 14.8. The Hall–Kier alpha value is -3.39. The number of ether oxygens (including phenoxy) is 1. The van der Waals surface area contributed by atoms with Crippen molar-refractivity contribution in [1.29, 1.82) is 0 Å². The number of phenols is 1. The number of aryl methyl sites for hydroxylation is 1. The molecule has 27 heavy (non-hydrogen) atoms. The second kappa shape index (κ2) is 6.73. The van der Waals surface area contributed by atoms with Gasteiger partial charge in [-0.3, -0.25) is 15.1 Å². The maximum atomic E-state index is 12.7. The lowest BCUT2D eigenvalue weighted by atomic mass is 10.1. The maximum absolute atomic E-state index is 12.7. The van der Waals surface area contributed by atoms with E-state index >= 15 is 0 Å². The molecule has 138 valence electrons. The topological polar surface area (TPSA) is 98.0 Å². The van der Waals surface area contributed by atoms with Crippen molar-refractivity contribution in [2.45, 2.75) is 19.4 Å². The van der Waals surface area contributed by atoms with Gasteiger partial charge in [0.25, 0.3) is 5.56 Å². The Labute approximate surface area is 154 Å². The maximum Gasteiger partial charge on any atom is 0.282 e. The summed E-state index contributed by atoms with van der Waals surface area (Å²) in [6, 6.07) is 12.2. The number of phenolic OH excluding ortho intramolecular Hbond substituents is 1. The van der Waals surface area contributed by atoms with E-state index in [2.05, 4.69) is 15.6 Å². The van der Waals surface area contributed by atoms with Crippen LogP contribution in [0.5, 0.6) is 11.5 Å². The number of fused-ring (bicyclic) bond motifs is 1.